The number of aliphatic hydroxyl groups excluding tert-OH is 1. The molecule has 172 valence electrons. The van der Waals surface area contributed by atoms with Gasteiger partial charge in [-0.05, 0) is 18.4 Å². The van der Waals surface area contributed by atoms with Crippen molar-refractivity contribution in [1.82, 2.24) is 16.0 Å². The van der Waals surface area contributed by atoms with Crippen LogP contribution in [0.15, 0.2) is 30.3 Å². The fraction of sp³-hybridized carbons (Fsp3) is 0.524. The Morgan fingerprint density at radius 1 is 1.00 bits per heavy atom. The largest absolute Gasteiger partial charge is 0.480 e. The summed E-state index contributed by atoms with van der Waals surface area (Å²) < 4.78 is 0. The highest BCUT2D eigenvalue weighted by Gasteiger charge is 2.31. The Balaban J connectivity index is 3.00. The summed E-state index contributed by atoms with van der Waals surface area (Å²) in [5.74, 6) is -3.43. The first kappa shape index (κ1) is 26.1. The molecule has 0 aliphatic rings. The topological polar surface area (TPSA) is 171 Å². The third-order valence-corrected chi connectivity index (χ3v) is 4.95. The molecular weight excluding hydrogens is 404 g/mol. The average molecular weight is 437 g/mol. The number of hydrogen-bond donors (Lipinski definition) is 6. The zero-order valence-corrected chi connectivity index (χ0v) is 18.0. The minimum atomic E-state index is -1.40. The van der Waals surface area contributed by atoms with Crippen LogP contribution in [0.5, 0.6) is 0 Å². The second-order valence-electron chi connectivity index (χ2n) is 7.50. The molecule has 10 nitrogen and oxygen atoms in total. The van der Waals surface area contributed by atoms with Gasteiger partial charge >= 0.3 is 5.97 Å². The third kappa shape index (κ3) is 8.73. The van der Waals surface area contributed by atoms with Crippen molar-refractivity contribution in [2.75, 3.05) is 6.54 Å². The van der Waals surface area contributed by atoms with E-state index in [1.165, 1.54) is 6.92 Å². The van der Waals surface area contributed by atoms with E-state index in [2.05, 4.69) is 16.0 Å². The molecule has 0 saturated heterocycles. The van der Waals surface area contributed by atoms with E-state index in [9.17, 15) is 24.3 Å². The van der Waals surface area contributed by atoms with Crippen LogP contribution in [0.2, 0.25) is 0 Å². The maximum Gasteiger partial charge on any atom is 0.322 e. The van der Waals surface area contributed by atoms with Crippen LogP contribution >= 0.6 is 0 Å². The summed E-state index contributed by atoms with van der Waals surface area (Å²) in [5.41, 5.74) is 6.74. The number of carbonyl (C=O) groups excluding carboxylic acids is 3. The second kappa shape index (κ2) is 12.7. The quantitative estimate of drug-likeness (QED) is 0.248. The third-order valence-electron chi connectivity index (χ3n) is 4.95. The lowest BCUT2D eigenvalue weighted by Crippen LogP contribution is -2.59. The van der Waals surface area contributed by atoms with E-state index in [1.54, 1.807) is 24.3 Å². The van der Waals surface area contributed by atoms with Gasteiger partial charge in [-0.3, -0.25) is 19.2 Å². The lowest BCUT2D eigenvalue weighted by atomic mass is 9.98. The molecule has 0 saturated carbocycles. The van der Waals surface area contributed by atoms with Gasteiger partial charge in [-0.25, -0.2) is 0 Å². The minimum Gasteiger partial charge on any atom is -0.480 e. The number of carboxylic acids is 1. The molecule has 0 fully saturated rings. The maximum atomic E-state index is 12.9. The number of amides is 3. The molecule has 1 aromatic carbocycles. The number of carboxylic acid groups (broad SMARTS) is 1. The van der Waals surface area contributed by atoms with Gasteiger partial charge in [0.1, 0.15) is 18.6 Å². The van der Waals surface area contributed by atoms with Crippen molar-refractivity contribution in [3.05, 3.63) is 35.9 Å². The van der Waals surface area contributed by atoms with E-state index in [1.807, 2.05) is 19.9 Å². The van der Waals surface area contributed by atoms with Crippen LogP contribution in [-0.2, 0) is 25.6 Å². The van der Waals surface area contributed by atoms with E-state index in [4.69, 9.17) is 10.8 Å². The molecule has 0 aliphatic carbocycles. The number of hydrogen-bond acceptors (Lipinski definition) is 6. The van der Waals surface area contributed by atoms with Gasteiger partial charge in [0.15, 0.2) is 0 Å². The Morgan fingerprint density at radius 2 is 1.61 bits per heavy atom. The van der Waals surface area contributed by atoms with E-state index in [0.29, 0.717) is 6.42 Å². The molecule has 31 heavy (non-hydrogen) atoms. The van der Waals surface area contributed by atoms with Crippen LogP contribution in [-0.4, -0.2) is 64.7 Å². The number of carbonyl (C=O) groups is 4. The molecular formula is C21H32N4O6. The molecule has 0 bridgehead atoms. The smallest absolute Gasteiger partial charge is 0.322 e. The van der Waals surface area contributed by atoms with Gasteiger partial charge in [-0.15, -0.1) is 0 Å². The number of nitrogens with two attached hydrogens (primary N) is 1. The molecule has 3 amide bonds. The fourth-order valence-corrected chi connectivity index (χ4v) is 2.77. The fourth-order valence-electron chi connectivity index (χ4n) is 2.77. The summed E-state index contributed by atoms with van der Waals surface area (Å²) in [7, 11) is 0. The van der Waals surface area contributed by atoms with E-state index >= 15 is 0 Å². The molecule has 1 rings (SSSR count). The van der Waals surface area contributed by atoms with Crippen LogP contribution in [0.1, 0.15) is 32.8 Å². The number of aliphatic carboxylic acids is 1. The molecule has 7 N–H and O–H groups in total. The highest BCUT2D eigenvalue weighted by Crippen LogP contribution is 2.08. The molecule has 0 heterocycles. The summed E-state index contributed by atoms with van der Waals surface area (Å²) in [6.45, 7) is 4.35. The zero-order valence-electron chi connectivity index (χ0n) is 18.0. The molecule has 0 radical (unpaired) electrons. The first-order chi connectivity index (χ1) is 14.6. The van der Waals surface area contributed by atoms with Crippen LogP contribution in [0.3, 0.4) is 0 Å². The highest BCUT2D eigenvalue weighted by atomic mass is 16.4. The highest BCUT2D eigenvalue weighted by molar-refractivity contribution is 5.94. The van der Waals surface area contributed by atoms with Crippen molar-refractivity contribution < 1.29 is 29.4 Å². The standard InChI is InChI=1S/C21H32N4O6/c1-4-12(2)17(22)20(30)24-15(10-14-8-6-5-7-9-14)19(29)25-18(13(3)26)21(31)23-11-16(27)28/h5-9,12-13,15,17-18,26H,4,10-11,22H2,1-3H3,(H,23,31)(H,24,30)(H,25,29)(H,27,28). The van der Waals surface area contributed by atoms with Crippen molar-refractivity contribution in [1.29, 1.82) is 0 Å². The van der Waals surface area contributed by atoms with Gasteiger partial charge in [-0.1, -0.05) is 50.6 Å². The van der Waals surface area contributed by atoms with E-state index in [-0.39, 0.29) is 12.3 Å². The predicted molar refractivity (Wildman–Crippen MR) is 114 cm³/mol. The van der Waals surface area contributed by atoms with Crippen LogP contribution in [0, 0.1) is 5.92 Å². The Labute approximate surface area is 181 Å². The van der Waals surface area contributed by atoms with Gasteiger partial charge in [0.2, 0.25) is 17.7 Å². The Morgan fingerprint density at radius 3 is 2.13 bits per heavy atom. The first-order valence-corrected chi connectivity index (χ1v) is 10.1. The molecule has 0 spiro atoms. The van der Waals surface area contributed by atoms with E-state index in [0.717, 1.165) is 5.56 Å². The maximum absolute atomic E-state index is 12.9. The van der Waals surface area contributed by atoms with E-state index < -0.39 is 54.5 Å². The van der Waals surface area contributed by atoms with Crippen molar-refractivity contribution >= 4 is 23.7 Å². The molecule has 1 aromatic rings. The van der Waals surface area contributed by atoms with Gasteiger partial charge in [0, 0.05) is 6.42 Å². The minimum absolute atomic E-state index is 0.104. The van der Waals surface area contributed by atoms with Crippen molar-refractivity contribution in [2.24, 2.45) is 11.7 Å². The van der Waals surface area contributed by atoms with Gasteiger partial charge in [0.25, 0.3) is 0 Å². The molecule has 0 aromatic heterocycles. The lowest BCUT2D eigenvalue weighted by molar-refractivity contribution is -0.139. The van der Waals surface area contributed by atoms with Crippen molar-refractivity contribution in [3.8, 4) is 0 Å². The average Bonchev–Trinajstić information content (AvgIpc) is 2.74. The molecule has 5 unspecified atom stereocenters. The van der Waals surface area contributed by atoms with Gasteiger partial charge < -0.3 is 31.9 Å². The van der Waals surface area contributed by atoms with Crippen molar-refractivity contribution in [2.45, 2.75) is 57.8 Å². The van der Waals surface area contributed by atoms with Gasteiger partial charge in [0.05, 0.1) is 12.1 Å². The molecule has 0 aliphatic heterocycles. The van der Waals surface area contributed by atoms with Crippen LogP contribution in [0.4, 0.5) is 0 Å². The Kier molecular flexibility index (Phi) is 10.6. The number of rotatable bonds is 12. The summed E-state index contributed by atoms with van der Waals surface area (Å²) in [4.78, 5) is 48.4. The van der Waals surface area contributed by atoms with Crippen molar-refractivity contribution in [3.63, 3.8) is 0 Å². The SMILES string of the molecule is CCC(C)C(N)C(=O)NC(Cc1ccccc1)C(=O)NC(C(=O)NCC(=O)O)C(C)O. The number of nitrogens with one attached hydrogen (secondary N) is 3. The first-order valence-electron chi connectivity index (χ1n) is 10.1. The molecule has 5 atom stereocenters. The summed E-state index contributed by atoms with van der Waals surface area (Å²) in [6.07, 6.45) is -0.486. The Bertz CT molecular complexity index is 755. The monoisotopic (exact) mass is 436 g/mol. The second-order valence-corrected chi connectivity index (χ2v) is 7.50. The zero-order chi connectivity index (χ0) is 23.6. The normalized spacial score (nSPS) is 15.6. The van der Waals surface area contributed by atoms with Crippen LogP contribution < -0.4 is 21.7 Å². The number of benzene rings is 1. The Hall–Kier alpha value is -2.98. The summed E-state index contributed by atoms with van der Waals surface area (Å²) in [5, 5.41) is 25.8. The molecule has 10 heteroatoms. The predicted octanol–water partition coefficient (Wildman–Crippen LogP) is -0.846. The lowest BCUT2D eigenvalue weighted by Gasteiger charge is -2.26. The summed E-state index contributed by atoms with van der Waals surface area (Å²) >= 11 is 0. The van der Waals surface area contributed by atoms with Gasteiger partial charge in [-0.2, -0.15) is 0 Å². The number of aliphatic hydroxyl groups is 1. The van der Waals surface area contributed by atoms with Crippen LogP contribution in [0.25, 0.3) is 0 Å². The summed E-state index contributed by atoms with van der Waals surface area (Å²) in [6, 6.07) is 5.68.